The zero-order chi connectivity index (χ0) is 9.80. The van der Waals surface area contributed by atoms with Gasteiger partial charge in [-0.15, -0.1) is 0 Å². The summed E-state index contributed by atoms with van der Waals surface area (Å²) in [5.41, 5.74) is 0. The molecule has 1 nitrogen and oxygen atoms in total. The fourth-order valence-corrected chi connectivity index (χ4v) is 3.44. The predicted molar refractivity (Wildman–Crippen MR) is 61.4 cm³/mol. The highest BCUT2D eigenvalue weighted by atomic mass is 14.9. The van der Waals surface area contributed by atoms with Crippen LogP contribution >= 0.6 is 0 Å². The van der Waals surface area contributed by atoms with Gasteiger partial charge < -0.3 is 5.32 Å². The first-order valence-corrected chi connectivity index (χ1v) is 6.63. The lowest BCUT2D eigenvalue weighted by Crippen LogP contribution is -2.26. The lowest BCUT2D eigenvalue weighted by Gasteiger charge is -2.25. The van der Waals surface area contributed by atoms with Crippen molar-refractivity contribution in [2.24, 2.45) is 11.8 Å². The Kier molecular flexibility index (Phi) is 3.86. The summed E-state index contributed by atoms with van der Waals surface area (Å²) >= 11 is 0. The van der Waals surface area contributed by atoms with E-state index in [1.54, 1.807) is 0 Å². The van der Waals surface area contributed by atoms with Gasteiger partial charge in [-0.05, 0) is 37.6 Å². The molecule has 2 unspecified atom stereocenters. The Morgan fingerprint density at radius 3 is 2.50 bits per heavy atom. The average molecular weight is 195 g/mol. The topological polar surface area (TPSA) is 12.0 Å². The third-order valence-electron chi connectivity index (χ3n) is 4.34. The van der Waals surface area contributed by atoms with Crippen LogP contribution in [0.25, 0.3) is 0 Å². The van der Waals surface area contributed by atoms with E-state index < -0.39 is 0 Å². The summed E-state index contributed by atoms with van der Waals surface area (Å²) in [5.74, 6) is 2.09. The molecule has 82 valence electrons. The smallest absolute Gasteiger partial charge is 0.00702 e. The van der Waals surface area contributed by atoms with Gasteiger partial charge in [0.2, 0.25) is 0 Å². The Bertz CT molecular complexity index is 155. The van der Waals surface area contributed by atoms with Gasteiger partial charge in [-0.3, -0.25) is 0 Å². The summed E-state index contributed by atoms with van der Waals surface area (Å²) < 4.78 is 0. The Balaban J connectivity index is 1.79. The lowest BCUT2D eigenvalue weighted by atomic mass is 9.83. The normalized spacial score (nSPS) is 31.1. The molecule has 1 aliphatic heterocycles. The summed E-state index contributed by atoms with van der Waals surface area (Å²) in [4.78, 5) is 0. The molecule has 0 radical (unpaired) electrons. The van der Waals surface area contributed by atoms with Crippen molar-refractivity contribution in [3.8, 4) is 0 Å². The first-order valence-electron chi connectivity index (χ1n) is 6.63. The maximum absolute atomic E-state index is 3.64. The minimum Gasteiger partial charge on any atom is -0.314 e. The van der Waals surface area contributed by atoms with Crippen LogP contribution < -0.4 is 5.32 Å². The van der Waals surface area contributed by atoms with Crippen molar-refractivity contribution >= 4 is 0 Å². The zero-order valence-electron chi connectivity index (χ0n) is 9.60. The fraction of sp³-hybridized carbons (Fsp3) is 1.00. The molecule has 1 saturated heterocycles. The second-order valence-electron chi connectivity index (χ2n) is 5.24. The molecule has 0 bridgehead atoms. The van der Waals surface area contributed by atoms with Gasteiger partial charge in [-0.1, -0.05) is 39.0 Å². The quantitative estimate of drug-likeness (QED) is 0.725. The van der Waals surface area contributed by atoms with Gasteiger partial charge in [0, 0.05) is 6.04 Å². The highest BCUT2D eigenvalue weighted by molar-refractivity contribution is 4.82. The van der Waals surface area contributed by atoms with Gasteiger partial charge in [0.05, 0.1) is 0 Å². The van der Waals surface area contributed by atoms with Crippen molar-refractivity contribution in [3.63, 3.8) is 0 Å². The molecule has 1 N–H and O–H groups in total. The number of nitrogens with one attached hydrogen (secondary N) is 1. The van der Waals surface area contributed by atoms with Crippen LogP contribution in [0, 0.1) is 11.8 Å². The highest BCUT2D eigenvalue weighted by Crippen LogP contribution is 2.36. The summed E-state index contributed by atoms with van der Waals surface area (Å²) in [7, 11) is 0. The molecule has 2 aliphatic rings. The van der Waals surface area contributed by atoms with E-state index in [0.29, 0.717) is 0 Å². The minimum atomic E-state index is 0.862. The Morgan fingerprint density at radius 2 is 1.93 bits per heavy atom. The minimum absolute atomic E-state index is 0.862. The average Bonchev–Trinajstić information content (AvgIpc) is 2.86. The van der Waals surface area contributed by atoms with E-state index in [9.17, 15) is 0 Å². The summed E-state index contributed by atoms with van der Waals surface area (Å²) in [5, 5.41) is 3.64. The molecule has 0 amide bonds. The van der Waals surface area contributed by atoms with Crippen molar-refractivity contribution in [2.75, 3.05) is 6.54 Å². The largest absolute Gasteiger partial charge is 0.314 e. The molecule has 1 saturated carbocycles. The van der Waals surface area contributed by atoms with Crippen LogP contribution in [0.5, 0.6) is 0 Å². The van der Waals surface area contributed by atoms with Crippen LogP contribution in [-0.4, -0.2) is 12.6 Å². The van der Waals surface area contributed by atoms with E-state index in [0.717, 1.165) is 17.9 Å². The molecule has 2 rings (SSSR count). The molecule has 1 aliphatic carbocycles. The predicted octanol–water partition coefficient (Wildman–Crippen LogP) is 3.34. The van der Waals surface area contributed by atoms with Crippen LogP contribution in [0.1, 0.15) is 58.3 Å². The standard InChI is InChI=1S/C13H25N/c1-2-11(12-6-3-4-7-12)10-13-8-5-9-14-13/h11-14H,2-10H2,1H3. The van der Waals surface area contributed by atoms with Gasteiger partial charge in [-0.25, -0.2) is 0 Å². The van der Waals surface area contributed by atoms with Crippen LogP contribution in [0.4, 0.5) is 0 Å². The molecule has 0 aromatic heterocycles. The highest BCUT2D eigenvalue weighted by Gasteiger charge is 2.26. The molecular formula is C13H25N. The van der Waals surface area contributed by atoms with Crippen molar-refractivity contribution in [2.45, 2.75) is 64.3 Å². The van der Waals surface area contributed by atoms with E-state index in [1.165, 1.54) is 57.9 Å². The van der Waals surface area contributed by atoms with Crippen LogP contribution in [0.15, 0.2) is 0 Å². The zero-order valence-corrected chi connectivity index (χ0v) is 9.60. The van der Waals surface area contributed by atoms with Crippen molar-refractivity contribution < 1.29 is 0 Å². The van der Waals surface area contributed by atoms with E-state index >= 15 is 0 Å². The number of hydrogen-bond donors (Lipinski definition) is 1. The molecule has 0 aromatic carbocycles. The molecule has 2 fully saturated rings. The number of hydrogen-bond acceptors (Lipinski definition) is 1. The molecule has 1 heteroatoms. The second-order valence-corrected chi connectivity index (χ2v) is 5.24. The summed E-state index contributed by atoms with van der Waals surface area (Å²) in [6.45, 7) is 3.66. The van der Waals surface area contributed by atoms with Gasteiger partial charge in [-0.2, -0.15) is 0 Å². The van der Waals surface area contributed by atoms with Crippen molar-refractivity contribution in [1.82, 2.24) is 5.32 Å². The molecule has 0 aromatic rings. The SMILES string of the molecule is CCC(CC1CCCN1)C1CCCC1. The van der Waals surface area contributed by atoms with Crippen LogP contribution in [0.3, 0.4) is 0 Å². The van der Waals surface area contributed by atoms with Crippen LogP contribution in [-0.2, 0) is 0 Å². The third-order valence-corrected chi connectivity index (χ3v) is 4.34. The fourth-order valence-electron chi connectivity index (χ4n) is 3.44. The first kappa shape index (κ1) is 10.5. The Hall–Kier alpha value is -0.0400. The van der Waals surface area contributed by atoms with Crippen molar-refractivity contribution in [3.05, 3.63) is 0 Å². The lowest BCUT2D eigenvalue weighted by molar-refractivity contribution is 0.281. The summed E-state index contributed by atoms with van der Waals surface area (Å²) in [6.07, 6.45) is 11.7. The molecule has 0 spiro atoms. The van der Waals surface area contributed by atoms with E-state index in [2.05, 4.69) is 12.2 Å². The first-order chi connectivity index (χ1) is 6.90. The summed E-state index contributed by atoms with van der Waals surface area (Å²) in [6, 6.07) is 0.862. The molecule has 1 heterocycles. The molecule has 2 atom stereocenters. The van der Waals surface area contributed by atoms with Gasteiger partial charge in [0.1, 0.15) is 0 Å². The second kappa shape index (κ2) is 5.16. The van der Waals surface area contributed by atoms with Crippen molar-refractivity contribution in [1.29, 1.82) is 0 Å². The van der Waals surface area contributed by atoms with E-state index in [4.69, 9.17) is 0 Å². The Labute approximate surface area is 88.7 Å². The van der Waals surface area contributed by atoms with Gasteiger partial charge >= 0.3 is 0 Å². The number of rotatable bonds is 4. The van der Waals surface area contributed by atoms with Gasteiger partial charge in [0.15, 0.2) is 0 Å². The van der Waals surface area contributed by atoms with E-state index in [-0.39, 0.29) is 0 Å². The Morgan fingerprint density at radius 1 is 1.14 bits per heavy atom. The van der Waals surface area contributed by atoms with E-state index in [1.807, 2.05) is 0 Å². The van der Waals surface area contributed by atoms with Crippen LogP contribution in [0.2, 0.25) is 0 Å². The molecular weight excluding hydrogens is 170 g/mol. The monoisotopic (exact) mass is 195 g/mol. The molecule has 14 heavy (non-hydrogen) atoms. The third kappa shape index (κ3) is 2.50. The van der Waals surface area contributed by atoms with Gasteiger partial charge in [0.25, 0.3) is 0 Å². The maximum Gasteiger partial charge on any atom is 0.00702 e. The maximum atomic E-state index is 3.64.